The Kier molecular flexibility index (Phi) is 8.44. The van der Waals surface area contributed by atoms with Crippen LogP contribution in [0.15, 0.2) is 54.6 Å². The Balaban J connectivity index is 1.81. The van der Waals surface area contributed by atoms with Crippen LogP contribution in [0, 0.1) is 5.82 Å². The molecule has 0 aliphatic rings. The molecule has 0 amide bonds. The van der Waals surface area contributed by atoms with Gasteiger partial charge in [0.15, 0.2) is 5.78 Å². The summed E-state index contributed by atoms with van der Waals surface area (Å²) in [6.45, 7) is -0.609. The standard InChI is InChI=1S/C24H26FNO6S/c25-17-5-3-13(4-6-17)20-8-7-18(33-20)10-16-9-14(1-2-15(16)11-26)21(29)23(31)24(32)22(30)19(28)12-27/h1-9,19,22-24,27-28,30-32H,10-12,26H2/t19-,22-,23+,24+/m1/s1. The first kappa shape index (κ1) is 25.1. The first-order valence-electron chi connectivity index (χ1n) is 10.3. The summed E-state index contributed by atoms with van der Waals surface area (Å²) in [5.41, 5.74) is 8.40. The van der Waals surface area contributed by atoms with E-state index in [4.69, 9.17) is 10.8 Å². The maximum absolute atomic E-state index is 13.2. The van der Waals surface area contributed by atoms with Crippen molar-refractivity contribution in [2.24, 2.45) is 5.73 Å². The number of thiophene rings is 1. The van der Waals surface area contributed by atoms with Gasteiger partial charge in [-0.1, -0.05) is 24.3 Å². The highest BCUT2D eigenvalue weighted by molar-refractivity contribution is 7.15. The quantitative estimate of drug-likeness (QED) is 0.242. The van der Waals surface area contributed by atoms with Gasteiger partial charge in [-0.25, -0.2) is 4.39 Å². The summed E-state index contributed by atoms with van der Waals surface area (Å²) >= 11 is 1.52. The molecule has 0 aliphatic carbocycles. The number of carbonyl (C=O) groups is 1. The van der Waals surface area contributed by atoms with Gasteiger partial charge in [0, 0.05) is 28.3 Å². The molecule has 176 valence electrons. The molecule has 33 heavy (non-hydrogen) atoms. The second-order valence-corrected chi connectivity index (χ2v) is 8.85. The highest BCUT2D eigenvalue weighted by atomic mass is 32.1. The van der Waals surface area contributed by atoms with Gasteiger partial charge >= 0.3 is 0 Å². The van der Waals surface area contributed by atoms with E-state index in [9.17, 15) is 29.6 Å². The van der Waals surface area contributed by atoms with E-state index in [-0.39, 0.29) is 17.9 Å². The third-order valence-electron chi connectivity index (χ3n) is 5.39. The molecule has 0 aliphatic heterocycles. The first-order valence-corrected chi connectivity index (χ1v) is 11.1. The molecule has 0 spiro atoms. The third-order valence-corrected chi connectivity index (χ3v) is 6.52. The van der Waals surface area contributed by atoms with E-state index >= 15 is 0 Å². The number of halogens is 1. The van der Waals surface area contributed by atoms with Gasteiger partial charge < -0.3 is 31.3 Å². The van der Waals surface area contributed by atoms with Gasteiger partial charge in [0.05, 0.1) is 6.61 Å². The molecule has 0 saturated carbocycles. The zero-order chi connectivity index (χ0) is 24.1. The Morgan fingerprint density at radius 3 is 2.27 bits per heavy atom. The molecule has 3 aromatic rings. The lowest BCUT2D eigenvalue weighted by atomic mass is 9.93. The van der Waals surface area contributed by atoms with Crippen LogP contribution in [0.1, 0.15) is 26.4 Å². The summed E-state index contributed by atoms with van der Waals surface area (Å²) in [6, 6.07) is 14.8. The summed E-state index contributed by atoms with van der Waals surface area (Å²) in [5, 5.41) is 48.4. The molecular formula is C24H26FNO6S. The highest BCUT2D eigenvalue weighted by Gasteiger charge is 2.34. The molecule has 2 aromatic carbocycles. The van der Waals surface area contributed by atoms with Crippen LogP contribution in [0.5, 0.6) is 0 Å². The average Bonchev–Trinajstić information content (AvgIpc) is 3.30. The van der Waals surface area contributed by atoms with E-state index < -0.39 is 36.8 Å². The van der Waals surface area contributed by atoms with E-state index in [2.05, 4.69) is 0 Å². The van der Waals surface area contributed by atoms with Crippen molar-refractivity contribution in [3.63, 3.8) is 0 Å². The number of Topliss-reactive ketones (excluding diaryl/α,β-unsaturated/α-hetero) is 1. The number of nitrogens with two attached hydrogens (primary N) is 1. The highest BCUT2D eigenvalue weighted by Crippen LogP contribution is 2.30. The summed E-state index contributed by atoms with van der Waals surface area (Å²) < 4.78 is 13.2. The maximum atomic E-state index is 13.2. The van der Waals surface area contributed by atoms with E-state index in [1.54, 1.807) is 24.3 Å². The molecule has 0 saturated heterocycles. The average molecular weight is 476 g/mol. The molecule has 0 unspecified atom stereocenters. The van der Waals surface area contributed by atoms with E-state index in [1.807, 2.05) is 12.1 Å². The van der Waals surface area contributed by atoms with Crippen molar-refractivity contribution in [2.45, 2.75) is 37.4 Å². The van der Waals surface area contributed by atoms with Crippen molar-refractivity contribution >= 4 is 17.1 Å². The van der Waals surface area contributed by atoms with Crippen molar-refractivity contribution in [1.29, 1.82) is 0 Å². The SMILES string of the molecule is NCc1ccc(C(=O)[C@H](O)[C@@H](O)[C@H](O)[C@H](O)CO)cc1Cc1ccc(-c2ccc(F)cc2)s1. The van der Waals surface area contributed by atoms with Crippen LogP contribution in [-0.4, -0.2) is 62.3 Å². The molecule has 4 atom stereocenters. The molecular weight excluding hydrogens is 449 g/mol. The van der Waals surface area contributed by atoms with E-state index in [1.165, 1.54) is 29.5 Å². The summed E-state index contributed by atoms with van der Waals surface area (Å²) in [4.78, 5) is 14.6. The van der Waals surface area contributed by atoms with Gasteiger partial charge in [0.2, 0.25) is 0 Å². The Morgan fingerprint density at radius 1 is 0.939 bits per heavy atom. The fourth-order valence-corrected chi connectivity index (χ4v) is 4.46. The first-order chi connectivity index (χ1) is 15.7. The van der Waals surface area contributed by atoms with Crippen LogP contribution in [0.4, 0.5) is 4.39 Å². The molecule has 1 heterocycles. The largest absolute Gasteiger partial charge is 0.394 e. The number of ketones is 1. The third kappa shape index (κ3) is 5.90. The van der Waals surface area contributed by atoms with Crippen molar-refractivity contribution in [2.75, 3.05) is 6.61 Å². The van der Waals surface area contributed by atoms with Gasteiger partial charge in [0.25, 0.3) is 0 Å². The molecule has 9 heteroatoms. The second kappa shape index (κ2) is 11.1. The van der Waals surface area contributed by atoms with Crippen molar-refractivity contribution in [3.05, 3.63) is 82.0 Å². The minimum Gasteiger partial charge on any atom is -0.394 e. The van der Waals surface area contributed by atoms with Gasteiger partial charge in [-0.2, -0.15) is 0 Å². The number of rotatable bonds is 10. The van der Waals surface area contributed by atoms with Crippen molar-refractivity contribution in [3.8, 4) is 10.4 Å². The Morgan fingerprint density at radius 2 is 1.64 bits per heavy atom. The fraction of sp³-hybridized carbons (Fsp3) is 0.292. The maximum Gasteiger partial charge on any atom is 0.194 e. The minimum absolute atomic E-state index is 0.106. The molecule has 0 radical (unpaired) electrons. The predicted molar refractivity (Wildman–Crippen MR) is 122 cm³/mol. The second-order valence-electron chi connectivity index (χ2n) is 7.68. The van der Waals surface area contributed by atoms with Crippen LogP contribution in [0.2, 0.25) is 0 Å². The van der Waals surface area contributed by atoms with Crippen LogP contribution >= 0.6 is 11.3 Å². The van der Waals surface area contributed by atoms with Gasteiger partial charge in [-0.15, -0.1) is 11.3 Å². The van der Waals surface area contributed by atoms with E-state index in [0.29, 0.717) is 6.42 Å². The molecule has 0 bridgehead atoms. The van der Waals surface area contributed by atoms with Gasteiger partial charge in [-0.05, 0) is 47.0 Å². The molecule has 7 N–H and O–H groups in total. The lowest BCUT2D eigenvalue weighted by Gasteiger charge is -2.25. The lowest BCUT2D eigenvalue weighted by molar-refractivity contribution is -0.105. The lowest BCUT2D eigenvalue weighted by Crippen LogP contribution is -2.48. The topological polar surface area (TPSA) is 144 Å². The Labute approximate surface area is 194 Å². The van der Waals surface area contributed by atoms with Gasteiger partial charge in [0.1, 0.15) is 30.2 Å². The monoisotopic (exact) mass is 475 g/mol. The fourth-order valence-electron chi connectivity index (χ4n) is 3.42. The summed E-state index contributed by atoms with van der Waals surface area (Å²) in [7, 11) is 0. The zero-order valence-corrected chi connectivity index (χ0v) is 18.5. The van der Waals surface area contributed by atoms with Gasteiger partial charge in [-0.3, -0.25) is 4.79 Å². The van der Waals surface area contributed by atoms with Crippen LogP contribution < -0.4 is 5.73 Å². The minimum atomic E-state index is -2.00. The van der Waals surface area contributed by atoms with Crippen molar-refractivity contribution < 1.29 is 34.7 Å². The van der Waals surface area contributed by atoms with E-state index in [0.717, 1.165) is 26.4 Å². The summed E-state index contributed by atoms with van der Waals surface area (Å²) in [5.74, 6) is -1.15. The van der Waals surface area contributed by atoms with Crippen LogP contribution in [0.25, 0.3) is 10.4 Å². The Bertz CT molecular complexity index is 1090. The number of benzene rings is 2. The molecule has 1 aromatic heterocycles. The number of aliphatic hydroxyl groups excluding tert-OH is 5. The molecule has 3 rings (SSSR count). The number of hydrogen-bond acceptors (Lipinski definition) is 8. The number of hydrogen-bond donors (Lipinski definition) is 6. The number of aliphatic hydroxyl groups is 5. The number of carbonyl (C=O) groups excluding carboxylic acids is 1. The zero-order valence-electron chi connectivity index (χ0n) is 17.6. The van der Waals surface area contributed by atoms with Crippen LogP contribution in [-0.2, 0) is 13.0 Å². The molecule has 0 fully saturated rings. The molecule has 7 nitrogen and oxygen atoms in total. The predicted octanol–water partition coefficient (Wildman–Crippen LogP) is 1.22. The van der Waals surface area contributed by atoms with Crippen molar-refractivity contribution in [1.82, 2.24) is 0 Å². The summed E-state index contributed by atoms with van der Waals surface area (Å²) in [6.07, 6.45) is -7.11. The smallest absolute Gasteiger partial charge is 0.194 e. The normalized spacial score (nSPS) is 15.1. The van der Waals surface area contributed by atoms with Crippen LogP contribution in [0.3, 0.4) is 0 Å². The Hall–Kier alpha value is -2.50.